The van der Waals surface area contributed by atoms with E-state index in [1.54, 1.807) is 0 Å². The van der Waals surface area contributed by atoms with Crippen molar-refractivity contribution >= 4 is 0 Å². The van der Waals surface area contributed by atoms with E-state index in [9.17, 15) is 0 Å². The van der Waals surface area contributed by atoms with E-state index >= 15 is 0 Å². The van der Waals surface area contributed by atoms with E-state index < -0.39 is 0 Å². The summed E-state index contributed by atoms with van der Waals surface area (Å²) in [4.78, 5) is 5.40. The lowest BCUT2D eigenvalue weighted by molar-refractivity contribution is 0.105. The van der Waals surface area contributed by atoms with Gasteiger partial charge in [-0.3, -0.25) is 9.80 Å². The van der Waals surface area contributed by atoms with Crippen LogP contribution in [0.3, 0.4) is 0 Å². The number of nitrogens with zero attached hydrogens (tertiary/aromatic N) is 2. The molecule has 2 fully saturated rings. The average molecular weight is 253 g/mol. The first-order chi connectivity index (χ1) is 8.61. The average Bonchev–Trinajstić information content (AvgIpc) is 2.82. The minimum atomic E-state index is 0.468. The summed E-state index contributed by atoms with van der Waals surface area (Å²) >= 11 is 0. The normalized spacial score (nSPS) is 34.7. The minimum absolute atomic E-state index is 0.468. The van der Waals surface area contributed by atoms with Crippen molar-refractivity contribution in [1.82, 2.24) is 9.80 Å². The van der Waals surface area contributed by atoms with Crippen LogP contribution in [-0.4, -0.2) is 53.6 Å². The molecule has 2 N–H and O–H groups in total. The summed E-state index contributed by atoms with van der Waals surface area (Å²) in [6, 6.07) is 2.76. The van der Waals surface area contributed by atoms with E-state index in [-0.39, 0.29) is 0 Å². The highest BCUT2D eigenvalue weighted by Gasteiger charge is 2.33. The van der Waals surface area contributed by atoms with Crippen molar-refractivity contribution in [3.8, 4) is 0 Å². The number of likely N-dealkylation sites (tertiary alicyclic amines) is 1. The molecular formula is C15H31N3. The first-order valence-electron chi connectivity index (χ1n) is 7.87. The molecular weight excluding hydrogens is 222 g/mol. The maximum atomic E-state index is 6.03. The van der Waals surface area contributed by atoms with Crippen LogP contribution >= 0.6 is 0 Å². The molecule has 0 amide bonds. The van der Waals surface area contributed by atoms with Gasteiger partial charge in [0.1, 0.15) is 0 Å². The Labute approximate surface area is 113 Å². The van der Waals surface area contributed by atoms with Crippen molar-refractivity contribution in [2.24, 2.45) is 5.73 Å². The van der Waals surface area contributed by atoms with E-state index in [1.165, 1.54) is 51.7 Å². The Hall–Kier alpha value is -0.120. The van der Waals surface area contributed by atoms with Crippen LogP contribution in [0.4, 0.5) is 0 Å². The first-order valence-corrected chi connectivity index (χ1v) is 7.87. The van der Waals surface area contributed by atoms with Gasteiger partial charge in [0.25, 0.3) is 0 Å². The fourth-order valence-electron chi connectivity index (χ4n) is 3.76. The van der Waals surface area contributed by atoms with Gasteiger partial charge >= 0.3 is 0 Å². The lowest BCUT2D eigenvalue weighted by Gasteiger charge is -2.39. The predicted molar refractivity (Wildman–Crippen MR) is 77.7 cm³/mol. The van der Waals surface area contributed by atoms with Gasteiger partial charge in [0.2, 0.25) is 0 Å². The van der Waals surface area contributed by atoms with Crippen molar-refractivity contribution in [3.05, 3.63) is 0 Å². The molecule has 0 spiro atoms. The molecule has 0 radical (unpaired) electrons. The third-order valence-electron chi connectivity index (χ3n) is 4.97. The van der Waals surface area contributed by atoms with Crippen LogP contribution < -0.4 is 5.73 Å². The van der Waals surface area contributed by atoms with E-state index in [0.29, 0.717) is 12.1 Å². The van der Waals surface area contributed by atoms with E-state index in [2.05, 4.69) is 30.6 Å². The maximum absolute atomic E-state index is 6.03. The molecule has 0 aromatic rings. The van der Waals surface area contributed by atoms with Crippen LogP contribution in [0.1, 0.15) is 52.9 Å². The molecule has 0 bridgehead atoms. The molecule has 1 aliphatic heterocycles. The highest BCUT2D eigenvalue weighted by molar-refractivity contribution is 4.90. The SMILES string of the molecule is CCN(C1CCC(N)CC1)C1CCN(C(C)C)C1. The second kappa shape index (κ2) is 6.36. The largest absolute Gasteiger partial charge is 0.328 e. The van der Waals surface area contributed by atoms with Gasteiger partial charge in [-0.25, -0.2) is 0 Å². The molecule has 1 saturated heterocycles. The Morgan fingerprint density at radius 2 is 1.78 bits per heavy atom. The fourth-order valence-corrected chi connectivity index (χ4v) is 3.76. The van der Waals surface area contributed by atoms with Crippen molar-refractivity contribution in [1.29, 1.82) is 0 Å². The molecule has 3 heteroatoms. The van der Waals surface area contributed by atoms with Gasteiger partial charge in [0, 0.05) is 37.3 Å². The monoisotopic (exact) mass is 253 g/mol. The van der Waals surface area contributed by atoms with Crippen LogP contribution in [-0.2, 0) is 0 Å². The minimum Gasteiger partial charge on any atom is -0.328 e. The van der Waals surface area contributed by atoms with Crippen molar-refractivity contribution in [3.63, 3.8) is 0 Å². The topological polar surface area (TPSA) is 32.5 Å². The number of rotatable bonds is 4. The fraction of sp³-hybridized carbons (Fsp3) is 1.00. The van der Waals surface area contributed by atoms with Crippen LogP contribution in [0.5, 0.6) is 0 Å². The second-order valence-corrected chi connectivity index (χ2v) is 6.43. The third-order valence-corrected chi connectivity index (χ3v) is 4.97. The molecule has 0 aromatic heterocycles. The standard InChI is InChI=1S/C15H31N3/c1-4-18(14-7-5-13(16)6-8-14)15-9-10-17(11-15)12(2)3/h12-15H,4-11,16H2,1-3H3. The Morgan fingerprint density at radius 1 is 1.11 bits per heavy atom. The van der Waals surface area contributed by atoms with Crippen molar-refractivity contribution in [2.75, 3.05) is 19.6 Å². The third kappa shape index (κ3) is 3.25. The Morgan fingerprint density at radius 3 is 2.28 bits per heavy atom. The number of hydrogen-bond acceptors (Lipinski definition) is 3. The van der Waals surface area contributed by atoms with Gasteiger partial charge in [-0.2, -0.15) is 0 Å². The molecule has 1 heterocycles. The summed E-state index contributed by atoms with van der Waals surface area (Å²) in [5.41, 5.74) is 6.03. The Balaban J connectivity index is 1.89. The number of likely N-dealkylation sites (N-methyl/N-ethyl adjacent to an activating group) is 1. The van der Waals surface area contributed by atoms with Crippen LogP contribution in [0.15, 0.2) is 0 Å². The zero-order valence-electron chi connectivity index (χ0n) is 12.4. The summed E-state index contributed by atoms with van der Waals surface area (Å²) in [5, 5.41) is 0. The van der Waals surface area contributed by atoms with E-state index in [1.807, 2.05) is 0 Å². The van der Waals surface area contributed by atoms with Gasteiger partial charge in [0.05, 0.1) is 0 Å². The predicted octanol–water partition coefficient (Wildman–Crippen LogP) is 2.06. The molecule has 106 valence electrons. The Kier molecular flexibility index (Phi) is 5.05. The summed E-state index contributed by atoms with van der Waals surface area (Å²) < 4.78 is 0. The quantitative estimate of drug-likeness (QED) is 0.832. The summed E-state index contributed by atoms with van der Waals surface area (Å²) in [6.07, 6.45) is 6.43. The van der Waals surface area contributed by atoms with E-state index in [4.69, 9.17) is 5.73 Å². The zero-order valence-corrected chi connectivity index (χ0v) is 12.4. The van der Waals surface area contributed by atoms with Crippen LogP contribution in [0.2, 0.25) is 0 Å². The lowest BCUT2D eigenvalue weighted by atomic mass is 9.90. The molecule has 0 aromatic carbocycles. The maximum Gasteiger partial charge on any atom is 0.0238 e. The number of hydrogen-bond donors (Lipinski definition) is 1. The molecule has 2 aliphatic rings. The van der Waals surface area contributed by atoms with E-state index in [0.717, 1.165) is 12.1 Å². The lowest BCUT2D eigenvalue weighted by Crippen LogP contribution is -2.47. The van der Waals surface area contributed by atoms with Crippen LogP contribution in [0.25, 0.3) is 0 Å². The van der Waals surface area contributed by atoms with Crippen LogP contribution in [0, 0.1) is 0 Å². The first kappa shape index (κ1) is 14.3. The van der Waals surface area contributed by atoms with Crippen molar-refractivity contribution < 1.29 is 0 Å². The smallest absolute Gasteiger partial charge is 0.0238 e. The number of nitrogens with two attached hydrogens (primary N) is 1. The van der Waals surface area contributed by atoms with Gasteiger partial charge < -0.3 is 5.73 Å². The molecule has 1 aliphatic carbocycles. The Bertz CT molecular complexity index is 246. The van der Waals surface area contributed by atoms with Gasteiger partial charge in [-0.05, 0) is 52.5 Å². The molecule has 18 heavy (non-hydrogen) atoms. The van der Waals surface area contributed by atoms with Gasteiger partial charge in [-0.15, -0.1) is 0 Å². The summed E-state index contributed by atoms with van der Waals surface area (Å²) in [7, 11) is 0. The molecule has 2 rings (SSSR count). The van der Waals surface area contributed by atoms with Gasteiger partial charge in [0.15, 0.2) is 0 Å². The zero-order chi connectivity index (χ0) is 13.1. The molecule has 1 atom stereocenters. The highest BCUT2D eigenvalue weighted by atomic mass is 15.3. The molecule has 1 unspecified atom stereocenters. The molecule has 3 nitrogen and oxygen atoms in total. The molecule has 1 saturated carbocycles. The van der Waals surface area contributed by atoms with Gasteiger partial charge in [-0.1, -0.05) is 6.92 Å². The van der Waals surface area contributed by atoms with Crippen molar-refractivity contribution in [2.45, 2.75) is 77.0 Å². The second-order valence-electron chi connectivity index (χ2n) is 6.43. The summed E-state index contributed by atoms with van der Waals surface area (Å²) in [5.74, 6) is 0. The summed E-state index contributed by atoms with van der Waals surface area (Å²) in [6.45, 7) is 10.7. The highest BCUT2D eigenvalue weighted by Crippen LogP contribution is 2.27.